The summed E-state index contributed by atoms with van der Waals surface area (Å²) in [6.07, 6.45) is 6.95. The molecule has 0 unspecified atom stereocenters. The molecule has 0 radical (unpaired) electrons. The average Bonchev–Trinajstić information content (AvgIpc) is 3.18. The Hall–Kier alpha value is -1.91. The highest BCUT2D eigenvalue weighted by atomic mass is 19.1. The predicted octanol–water partition coefficient (Wildman–Crippen LogP) is 4.88. The summed E-state index contributed by atoms with van der Waals surface area (Å²) >= 11 is 0. The number of aromatic nitrogens is 2. The summed E-state index contributed by atoms with van der Waals surface area (Å²) in [6.45, 7) is 3.05. The van der Waals surface area contributed by atoms with Crippen LogP contribution in [0.5, 0.6) is 5.88 Å². The zero-order valence-electron chi connectivity index (χ0n) is 14.1. The van der Waals surface area contributed by atoms with Crippen molar-refractivity contribution in [3.8, 4) is 5.88 Å². The summed E-state index contributed by atoms with van der Waals surface area (Å²) in [4.78, 5) is 0. The van der Waals surface area contributed by atoms with Gasteiger partial charge < -0.3 is 4.74 Å². The van der Waals surface area contributed by atoms with E-state index in [4.69, 9.17) is 4.74 Å². The van der Waals surface area contributed by atoms with Gasteiger partial charge in [0.25, 0.3) is 0 Å². The van der Waals surface area contributed by atoms with E-state index in [1.165, 1.54) is 37.8 Å². The van der Waals surface area contributed by atoms with Crippen molar-refractivity contribution in [2.75, 3.05) is 0 Å². The molecule has 0 N–H and O–H groups in total. The highest BCUT2D eigenvalue weighted by Crippen LogP contribution is 2.28. The molecule has 3 nitrogen and oxygen atoms in total. The van der Waals surface area contributed by atoms with Crippen LogP contribution >= 0.6 is 0 Å². The number of halogens is 2. The van der Waals surface area contributed by atoms with Gasteiger partial charge in [-0.05, 0) is 37.3 Å². The van der Waals surface area contributed by atoms with Gasteiger partial charge in [-0.1, -0.05) is 26.2 Å². The molecule has 1 fully saturated rings. The maximum atomic E-state index is 13.8. The maximum absolute atomic E-state index is 13.8. The van der Waals surface area contributed by atoms with Gasteiger partial charge in [0, 0.05) is 24.2 Å². The average molecular weight is 334 g/mol. The van der Waals surface area contributed by atoms with Crippen LogP contribution < -0.4 is 4.74 Å². The normalized spacial score (nSPS) is 15.1. The van der Waals surface area contributed by atoms with Crippen LogP contribution in [-0.2, 0) is 19.6 Å². The number of hydrogen-bond acceptors (Lipinski definition) is 2. The third kappa shape index (κ3) is 4.13. The van der Waals surface area contributed by atoms with E-state index in [9.17, 15) is 8.78 Å². The van der Waals surface area contributed by atoms with Crippen LogP contribution in [0.25, 0.3) is 0 Å². The fraction of sp³-hybridized carbons (Fsp3) is 0.526. The summed E-state index contributed by atoms with van der Waals surface area (Å²) in [5.74, 6) is 0.164. The maximum Gasteiger partial charge on any atom is 0.212 e. The number of rotatable bonds is 7. The molecule has 24 heavy (non-hydrogen) atoms. The van der Waals surface area contributed by atoms with E-state index in [0.717, 1.165) is 31.1 Å². The number of nitrogens with zero attached hydrogens (tertiary/aromatic N) is 2. The van der Waals surface area contributed by atoms with Crippen LogP contribution in [0.4, 0.5) is 8.78 Å². The van der Waals surface area contributed by atoms with E-state index in [0.29, 0.717) is 17.4 Å². The molecule has 0 aliphatic heterocycles. The fourth-order valence-corrected chi connectivity index (χ4v) is 3.30. The Morgan fingerprint density at radius 1 is 1.21 bits per heavy atom. The van der Waals surface area contributed by atoms with Gasteiger partial charge in [-0.3, -0.25) is 0 Å². The van der Waals surface area contributed by atoms with Gasteiger partial charge in [-0.15, -0.1) is 0 Å². The van der Waals surface area contributed by atoms with Crippen molar-refractivity contribution in [3.05, 3.63) is 47.2 Å². The molecule has 1 heterocycles. The van der Waals surface area contributed by atoms with Crippen LogP contribution in [0.2, 0.25) is 0 Å². The Bertz CT molecular complexity index is 678. The van der Waals surface area contributed by atoms with Gasteiger partial charge in [-0.2, -0.15) is 5.10 Å². The Morgan fingerprint density at radius 2 is 2.00 bits per heavy atom. The minimum atomic E-state index is -0.578. The molecule has 5 heteroatoms. The van der Waals surface area contributed by atoms with E-state index in [2.05, 4.69) is 12.0 Å². The number of ether oxygens (including phenoxy) is 1. The molecule has 1 aliphatic rings. The van der Waals surface area contributed by atoms with Crippen molar-refractivity contribution in [1.82, 2.24) is 9.78 Å². The summed E-state index contributed by atoms with van der Waals surface area (Å²) in [5.41, 5.74) is 1.35. The van der Waals surface area contributed by atoms with Crippen molar-refractivity contribution in [3.63, 3.8) is 0 Å². The molecule has 2 aromatic rings. The van der Waals surface area contributed by atoms with Gasteiger partial charge >= 0.3 is 0 Å². The SMILES string of the molecule is CCCc1cc(OCc2ccc(F)cc2F)n(CC2CCCC2)n1. The van der Waals surface area contributed by atoms with Gasteiger partial charge in [0.1, 0.15) is 18.2 Å². The quantitative estimate of drug-likeness (QED) is 0.721. The van der Waals surface area contributed by atoms with Crippen LogP contribution in [-0.4, -0.2) is 9.78 Å². The monoisotopic (exact) mass is 334 g/mol. The van der Waals surface area contributed by atoms with Crippen LogP contribution in [0, 0.1) is 17.6 Å². The van der Waals surface area contributed by atoms with E-state index in [1.54, 1.807) is 0 Å². The molecule has 0 saturated heterocycles. The molecule has 130 valence electrons. The highest BCUT2D eigenvalue weighted by molar-refractivity contribution is 5.20. The molecule has 1 aromatic heterocycles. The molecule has 0 spiro atoms. The zero-order valence-corrected chi connectivity index (χ0v) is 14.1. The zero-order chi connectivity index (χ0) is 16.9. The summed E-state index contributed by atoms with van der Waals surface area (Å²) < 4.78 is 34.5. The first-order chi connectivity index (χ1) is 11.7. The summed E-state index contributed by atoms with van der Waals surface area (Å²) in [6, 6.07) is 5.51. The standard InChI is InChI=1S/C19H24F2N2O/c1-2-5-17-11-19(23(22-17)12-14-6-3-4-7-14)24-13-15-8-9-16(20)10-18(15)21/h8-11,14H,2-7,12-13H2,1H3. The minimum absolute atomic E-state index is 0.0774. The van der Waals surface area contributed by atoms with Crippen molar-refractivity contribution in [2.45, 2.75) is 58.6 Å². The lowest BCUT2D eigenvalue weighted by molar-refractivity contribution is 0.257. The summed E-state index contributed by atoms with van der Waals surface area (Å²) in [5, 5.41) is 4.65. The van der Waals surface area contributed by atoms with Crippen LogP contribution in [0.3, 0.4) is 0 Å². The Balaban J connectivity index is 1.72. The molecule has 1 aliphatic carbocycles. The molecular formula is C19H24F2N2O. The molecule has 3 rings (SSSR count). The van der Waals surface area contributed by atoms with E-state index < -0.39 is 11.6 Å². The lowest BCUT2D eigenvalue weighted by Crippen LogP contribution is -2.12. The Morgan fingerprint density at radius 3 is 2.71 bits per heavy atom. The van der Waals surface area contributed by atoms with Crippen molar-refractivity contribution in [1.29, 1.82) is 0 Å². The second kappa shape index (κ2) is 7.77. The summed E-state index contributed by atoms with van der Waals surface area (Å²) in [7, 11) is 0. The Kier molecular flexibility index (Phi) is 5.48. The lowest BCUT2D eigenvalue weighted by Gasteiger charge is -2.13. The Labute approximate surface area is 141 Å². The first-order valence-electron chi connectivity index (χ1n) is 8.79. The van der Waals surface area contributed by atoms with Crippen LogP contribution in [0.15, 0.2) is 24.3 Å². The second-order valence-electron chi connectivity index (χ2n) is 6.58. The van der Waals surface area contributed by atoms with Gasteiger partial charge in [0.05, 0.1) is 5.69 Å². The largest absolute Gasteiger partial charge is 0.473 e. The van der Waals surface area contributed by atoms with Gasteiger partial charge in [-0.25, -0.2) is 13.5 Å². The molecular weight excluding hydrogens is 310 g/mol. The molecule has 1 saturated carbocycles. The number of benzene rings is 1. The topological polar surface area (TPSA) is 27.1 Å². The third-order valence-electron chi connectivity index (χ3n) is 4.60. The second-order valence-corrected chi connectivity index (χ2v) is 6.58. The first-order valence-corrected chi connectivity index (χ1v) is 8.79. The smallest absolute Gasteiger partial charge is 0.212 e. The van der Waals surface area contributed by atoms with E-state index >= 15 is 0 Å². The molecule has 1 aromatic carbocycles. The number of hydrogen-bond donors (Lipinski definition) is 0. The molecule has 0 bridgehead atoms. The highest BCUT2D eigenvalue weighted by Gasteiger charge is 2.19. The lowest BCUT2D eigenvalue weighted by atomic mass is 10.1. The van der Waals surface area contributed by atoms with Gasteiger partial charge in [0.15, 0.2) is 0 Å². The van der Waals surface area contributed by atoms with Crippen molar-refractivity contribution < 1.29 is 13.5 Å². The third-order valence-corrected chi connectivity index (χ3v) is 4.60. The van der Waals surface area contributed by atoms with E-state index in [1.807, 2.05) is 10.7 Å². The number of aryl methyl sites for hydroxylation is 1. The van der Waals surface area contributed by atoms with E-state index in [-0.39, 0.29) is 6.61 Å². The van der Waals surface area contributed by atoms with Crippen LogP contribution in [0.1, 0.15) is 50.3 Å². The molecule has 0 amide bonds. The van der Waals surface area contributed by atoms with Gasteiger partial charge in [0.2, 0.25) is 5.88 Å². The molecule has 0 atom stereocenters. The predicted molar refractivity (Wildman–Crippen MR) is 88.9 cm³/mol. The van der Waals surface area contributed by atoms with Crippen molar-refractivity contribution >= 4 is 0 Å². The minimum Gasteiger partial charge on any atom is -0.473 e. The first kappa shape index (κ1) is 16.9. The van der Waals surface area contributed by atoms with Crippen molar-refractivity contribution in [2.24, 2.45) is 5.92 Å². The fourth-order valence-electron chi connectivity index (χ4n) is 3.30.